The summed E-state index contributed by atoms with van der Waals surface area (Å²) in [5, 5.41) is 32.1. The molecule has 33 heavy (non-hydrogen) atoms. The fourth-order valence-corrected chi connectivity index (χ4v) is 8.34. The number of carbonyl (C=O) groups is 3. The molecule has 6 nitrogen and oxygen atoms in total. The molecule has 7 atom stereocenters. The van der Waals surface area contributed by atoms with E-state index in [9.17, 15) is 24.6 Å². The number of aliphatic hydroxyl groups is 2. The maximum absolute atomic E-state index is 13.9. The molecular weight excluding hydrogens is 420 g/mol. The van der Waals surface area contributed by atoms with Crippen molar-refractivity contribution in [3.05, 3.63) is 23.3 Å². The molecule has 0 bridgehead atoms. The van der Waals surface area contributed by atoms with Gasteiger partial charge in [-0.15, -0.1) is 0 Å². The van der Waals surface area contributed by atoms with Gasteiger partial charge in [-0.1, -0.05) is 46.8 Å². The molecule has 0 aromatic carbocycles. The van der Waals surface area contributed by atoms with Crippen molar-refractivity contribution < 1.29 is 29.7 Å². The van der Waals surface area contributed by atoms with Crippen LogP contribution in [-0.4, -0.2) is 45.1 Å². The summed E-state index contributed by atoms with van der Waals surface area (Å²) < 4.78 is 0. The molecule has 0 radical (unpaired) electrons. The Morgan fingerprint density at radius 2 is 1.70 bits per heavy atom. The van der Waals surface area contributed by atoms with Crippen LogP contribution in [0.1, 0.15) is 79.6 Å². The molecule has 4 aliphatic rings. The third-order valence-electron chi connectivity index (χ3n) is 10.5. The van der Waals surface area contributed by atoms with Gasteiger partial charge in [-0.3, -0.25) is 14.4 Å². The first-order chi connectivity index (χ1) is 15.1. The Morgan fingerprint density at radius 3 is 2.30 bits per heavy atom. The third kappa shape index (κ3) is 3.02. The van der Waals surface area contributed by atoms with E-state index in [1.165, 1.54) is 0 Å². The molecular formula is C27H38O6. The fraction of sp³-hybridized carbons (Fsp3) is 0.741. The van der Waals surface area contributed by atoms with Crippen molar-refractivity contribution >= 4 is 17.5 Å². The minimum absolute atomic E-state index is 0.00786. The standard InChI is InChI=1S/C27H38O6/c1-14(7-8-21(32)33)15-11-20(31)27(6)23-16(28)12-18-24(2,3)19(30)9-10-25(18,4)22(23)17(29)13-26(15,27)5/h15-16,18,20,28,31H,1,7-13H2,2-6H3,(H,32,33). The molecule has 0 amide bonds. The third-order valence-corrected chi connectivity index (χ3v) is 10.5. The van der Waals surface area contributed by atoms with Crippen LogP contribution in [-0.2, 0) is 14.4 Å². The molecule has 0 saturated heterocycles. The molecule has 3 N–H and O–H groups in total. The van der Waals surface area contributed by atoms with Gasteiger partial charge in [-0.05, 0) is 48.5 Å². The first-order valence-corrected chi connectivity index (χ1v) is 12.2. The second-order valence-corrected chi connectivity index (χ2v) is 12.2. The van der Waals surface area contributed by atoms with Gasteiger partial charge < -0.3 is 15.3 Å². The number of rotatable bonds is 4. The zero-order chi connectivity index (χ0) is 24.7. The minimum atomic E-state index is -0.905. The molecule has 7 unspecified atom stereocenters. The smallest absolute Gasteiger partial charge is 0.303 e. The average molecular weight is 459 g/mol. The normalized spacial score (nSPS) is 44.2. The van der Waals surface area contributed by atoms with Crippen molar-refractivity contribution in [3.63, 3.8) is 0 Å². The van der Waals surface area contributed by atoms with Crippen LogP contribution in [0.5, 0.6) is 0 Å². The Labute approximate surface area is 196 Å². The minimum Gasteiger partial charge on any atom is -0.481 e. The van der Waals surface area contributed by atoms with E-state index in [0.29, 0.717) is 43.3 Å². The number of hydrogen-bond donors (Lipinski definition) is 3. The van der Waals surface area contributed by atoms with Crippen molar-refractivity contribution in [2.24, 2.45) is 33.5 Å². The van der Waals surface area contributed by atoms with Crippen molar-refractivity contribution in [1.29, 1.82) is 0 Å². The number of carbonyl (C=O) groups excluding carboxylic acids is 2. The predicted molar refractivity (Wildman–Crippen MR) is 123 cm³/mol. The zero-order valence-corrected chi connectivity index (χ0v) is 20.5. The lowest BCUT2D eigenvalue weighted by Gasteiger charge is -2.61. The summed E-state index contributed by atoms with van der Waals surface area (Å²) in [6.07, 6.45) is 0.580. The molecule has 0 spiro atoms. The van der Waals surface area contributed by atoms with E-state index in [1.807, 2.05) is 27.7 Å². The highest BCUT2D eigenvalue weighted by atomic mass is 16.4. The van der Waals surface area contributed by atoms with Crippen LogP contribution in [0.25, 0.3) is 0 Å². The summed E-state index contributed by atoms with van der Waals surface area (Å²) in [5.74, 6) is -1.08. The van der Waals surface area contributed by atoms with Gasteiger partial charge in [0, 0.05) is 41.1 Å². The molecule has 182 valence electrons. The zero-order valence-electron chi connectivity index (χ0n) is 20.5. The van der Waals surface area contributed by atoms with E-state index in [0.717, 1.165) is 5.57 Å². The van der Waals surface area contributed by atoms with Crippen LogP contribution in [0.15, 0.2) is 23.3 Å². The van der Waals surface area contributed by atoms with E-state index in [4.69, 9.17) is 5.11 Å². The summed E-state index contributed by atoms with van der Waals surface area (Å²) in [4.78, 5) is 37.8. The number of carboxylic acid groups (broad SMARTS) is 1. The molecule has 4 aliphatic carbocycles. The van der Waals surface area contributed by atoms with Crippen LogP contribution >= 0.6 is 0 Å². The monoisotopic (exact) mass is 458 g/mol. The van der Waals surface area contributed by atoms with Crippen LogP contribution < -0.4 is 0 Å². The number of allylic oxidation sites excluding steroid dienone is 2. The van der Waals surface area contributed by atoms with E-state index in [2.05, 4.69) is 13.5 Å². The van der Waals surface area contributed by atoms with Crippen molar-refractivity contribution in [1.82, 2.24) is 0 Å². The molecule has 0 aromatic rings. The first kappa shape index (κ1) is 24.3. The van der Waals surface area contributed by atoms with E-state index >= 15 is 0 Å². The van der Waals surface area contributed by atoms with Crippen LogP contribution in [0.2, 0.25) is 0 Å². The molecule has 4 rings (SSSR count). The molecule has 0 aliphatic heterocycles. The second-order valence-electron chi connectivity index (χ2n) is 12.2. The van der Waals surface area contributed by atoms with Gasteiger partial charge in [0.25, 0.3) is 0 Å². The molecule has 2 saturated carbocycles. The topological polar surface area (TPSA) is 112 Å². The Bertz CT molecular complexity index is 975. The number of hydrogen-bond acceptors (Lipinski definition) is 5. The number of ketones is 2. The fourth-order valence-electron chi connectivity index (χ4n) is 8.34. The molecule has 6 heteroatoms. The van der Waals surface area contributed by atoms with Gasteiger partial charge >= 0.3 is 5.97 Å². The largest absolute Gasteiger partial charge is 0.481 e. The SMILES string of the molecule is C=C(CCC(=O)O)C1CC(O)C2(C)C3=C(C(=O)CC12C)C1(C)CCC(=O)C(C)(C)C1CC3O. The lowest BCUT2D eigenvalue weighted by molar-refractivity contribution is -0.145. The van der Waals surface area contributed by atoms with Crippen LogP contribution in [0, 0.1) is 33.5 Å². The highest BCUT2D eigenvalue weighted by molar-refractivity contribution is 6.01. The first-order valence-electron chi connectivity index (χ1n) is 12.2. The van der Waals surface area contributed by atoms with Gasteiger partial charge in [-0.25, -0.2) is 0 Å². The van der Waals surface area contributed by atoms with Crippen molar-refractivity contribution in [2.45, 2.75) is 91.8 Å². The Morgan fingerprint density at radius 1 is 1.06 bits per heavy atom. The summed E-state index contributed by atoms with van der Waals surface area (Å²) in [6, 6.07) is 0. The van der Waals surface area contributed by atoms with Gasteiger partial charge in [0.05, 0.1) is 12.2 Å². The summed E-state index contributed by atoms with van der Waals surface area (Å²) in [5.41, 5.74) is -0.594. The predicted octanol–water partition coefficient (Wildman–Crippen LogP) is 3.85. The van der Waals surface area contributed by atoms with Crippen LogP contribution in [0.4, 0.5) is 0 Å². The summed E-state index contributed by atoms with van der Waals surface area (Å²) in [7, 11) is 0. The van der Waals surface area contributed by atoms with Gasteiger partial charge in [0.15, 0.2) is 5.78 Å². The average Bonchev–Trinajstić information content (AvgIpc) is 2.92. The quantitative estimate of drug-likeness (QED) is 0.552. The highest BCUT2D eigenvalue weighted by Crippen LogP contribution is 2.71. The number of aliphatic carboxylic acids is 1. The number of Topliss-reactive ketones (excluding diaryl/α,β-unsaturated/α-hetero) is 2. The van der Waals surface area contributed by atoms with Gasteiger partial charge in [0.1, 0.15) is 5.78 Å². The Kier molecular flexibility index (Phi) is 5.42. The van der Waals surface area contributed by atoms with Gasteiger partial charge in [0.2, 0.25) is 0 Å². The molecule has 2 fully saturated rings. The van der Waals surface area contributed by atoms with E-state index in [1.54, 1.807) is 0 Å². The number of aliphatic hydroxyl groups excluding tert-OH is 2. The van der Waals surface area contributed by atoms with Crippen molar-refractivity contribution in [2.75, 3.05) is 0 Å². The maximum Gasteiger partial charge on any atom is 0.303 e. The summed E-state index contributed by atoms with van der Waals surface area (Å²) >= 11 is 0. The van der Waals surface area contributed by atoms with Crippen LogP contribution in [0.3, 0.4) is 0 Å². The highest BCUT2D eigenvalue weighted by Gasteiger charge is 2.69. The van der Waals surface area contributed by atoms with Gasteiger partial charge in [-0.2, -0.15) is 0 Å². The van der Waals surface area contributed by atoms with E-state index < -0.39 is 39.8 Å². The summed E-state index contributed by atoms with van der Waals surface area (Å²) in [6.45, 7) is 14.1. The lowest BCUT2D eigenvalue weighted by atomic mass is 9.42. The Balaban J connectivity index is 1.85. The molecule has 0 heterocycles. The number of carboxylic acids is 1. The number of fused-ring (bicyclic) bond motifs is 4. The lowest BCUT2D eigenvalue weighted by Crippen LogP contribution is -2.60. The Hall–Kier alpha value is -1.79. The molecule has 0 aromatic heterocycles. The maximum atomic E-state index is 13.9. The van der Waals surface area contributed by atoms with E-state index in [-0.39, 0.29) is 36.2 Å². The second kappa shape index (κ2) is 7.35. The van der Waals surface area contributed by atoms with Crippen molar-refractivity contribution in [3.8, 4) is 0 Å².